The van der Waals surface area contributed by atoms with Gasteiger partial charge in [0.1, 0.15) is 11.8 Å². The smallest absolute Gasteiger partial charge is 0.242 e. The van der Waals surface area contributed by atoms with Crippen molar-refractivity contribution < 1.29 is 22.7 Å². The van der Waals surface area contributed by atoms with Crippen LogP contribution in [-0.2, 0) is 26.2 Å². The Morgan fingerprint density at radius 3 is 2.41 bits per heavy atom. The van der Waals surface area contributed by atoms with Gasteiger partial charge in [-0.3, -0.25) is 13.9 Å². The maximum Gasteiger partial charge on any atom is 0.242 e. The predicted molar refractivity (Wildman–Crippen MR) is 148 cm³/mol. The van der Waals surface area contributed by atoms with E-state index >= 15 is 0 Å². The number of sulfonamides is 1. The molecule has 1 N–H and O–H groups in total. The third-order valence-corrected chi connectivity index (χ3v) is 7.41. The number of halogens is 1. The Balaban J connectivity index is 2.21. The summed E-state index contributed by atoms with van der Waals surface area (Å²) in [7, 11) is -3.63. The molecule has 0 unspecified atom stereocenters. The van der Waals surface area contributed by atoms with Crippen LogP contribution in [0.3, 0.4) is 0 Å². The highest BCUT2D eigenvalue weighted by Gasteiger charge is 2.27. The topological polar surface area (TPSA) is 96.0 Å². The zero-order valence-electron chi connectivity index (χ0n) is 22.2. The van der Waals surface area contributed by atoms with Crippen molar-refractivity contribution in [2.75, 3.05) is 23.7 Å². The van der Waals surface area contributed by atoms with Crippen LogP contribution in [0.4, 0.5) is 5.69 Å². The summed E-state index contributed by atoms with van der Waals surface area (Å²) in [6.45, 7) is 8.09. The normalized spacial score (nSPS) is 12.9. The molecular weight excluding hydrogens is 514 g/mol. The maximum absolute atomic E-state index is 13.4. The van der Waals surface area contributed by atoms with Gasteiger partial charge in [-0.1, -0.05) is 42.8 Å². The molecule has 2 aromatic carbocycles. The summed E-state index contributed by atoms with van der Waals surface area (Å²) in [6, 6.07) is 13.3. The van der Waals surface area contributed by atoms with Gasteiger partial charge in [0.2, 0.25) is 21.8 Å². The Morgan fingerprint density at radius 1 is 1.08 bits per heavy atom. The van der Waals surface area contributed by atoms with E-state index in [1.165, 1.54) is 9.21 Å². The van der Waals surface area contributed by atoms with Crippen molar-refractivity contribution in [3.63, 3.8) is 0 Å². The van der Waals surface area contributed by atoms with E-state index < -0.39 is 16.1 Å². The van der Waals surface area contributed by atoms with Crippen LogP contribution in [0.1, 0.15) is 52.5 Å². The lowest BCUT2D eigenvalue weighted by molar-refractivity contribution is -0.140. The Morgan fingerprint density at radius 2 is 1.78 bits per heavy atom. The first-order valence-corrected chi connectivity index (χ1v) is 14.7. The first kappa shape index (κ1) is 30.4. The lowest BCUT2D eigenvalue weighted by Gasteiger charge is -2.30. The minimum atomic E-state index is -3.63. The van der Waals surface area contributed by atoms with Crippen LogP contribution in [0, 0.1) is 0 Å². The molecule has 204 valence electrons. The quantitative estimate of drug-likeness (QED) is 0.370. The molecule has 0 heterocycles. The molecule has 37 heavy (non-hydrogen) atoms. The second kappa shape index (κ2) is 14.2. The van der Waals surface area contributed by atoms with Crippen LogP contribution >= 0.6 is 11.6 Å². The fraction of sp³-hybridized carbons (Fsp3) is 0.481. The van der Waals surface area contributed by atoms with E-state index in [0.717, 1.165) is 18.2 Å². The van der Waals surface area contributed by atoms with Crippen molar-refractivity contribution in [2.45, 2.75) is 65.6 Å². The number of nitrogens with one attached hydrogen (secondary N) is 1. The fourth-order valence-corrected chi connectivity index (χ4v) is 4.99. The van der Waals surface area contributed by atoms with Gasteiger partial charge in [-0.05, 0) is 63.4 Å². The summed E-state index contributed by atoms with van der Waals surface area (Å²) in [4.78, 5) is 27.8. The van der Waals surface area contributed by atoms with Crippen LogP contribution < -0.4 is 14.4 Å². The molecule has 0 spiro atoms. The van der Waals surface area contributed by atoms with E-state index in [9.17, 15) is 18.0 Å². The van der Waals surface area contributed by atoms with Crippen molar-refractivity contribution in [2.24, 2.45) is 0 Å². The van der Waals surface area contributed by atoms with Crippen LogP contribution in [-0.4, -0.2) is 56.6 Å². The lowest BCUT2D eigenvalue weighted by atomic mass is 10.1. The minimum Gasteiger partial charge on any atom is -0.492 e. The number of amides is 2. The molecule has 0 aliphatic heterocycles. The van der Waals surface area contributed by atoms with Gasteiger partial charge < -0.3 is 15.0 Å². The van der Waals surface area contributed by atoms with Gasteiger partial charge in [0.15, 0.2) is 0 Å². The van der Waals surface area contributed by atoms with E-state index in [0.29, 0.717) is 23.1 Å². The van der Waals surface area contributed by atoms with Crippen molar-refractivity contribution in [3.05, 3.63) is 59.1 Å². The van der Waals surface area contributed by atoms with E-state index in [1.807, 2.05) is 26.8 Å². The van der Waals surface area contributed by atoms with Crippen LogP contribution in [0.2, 0.25) is 5.02 Å². The molecule has 0 saturated carbocycles. The number of hydrogen-bond acceptors (Lipinski definition) is 5. The summed E-state index contributed by atoms with van der Waals surface area (Å²) < 4.78 is 32.1. The number of anilines is 1. The number of hydrogen-bond donors (Lipinski definition) is 1. The molecule has 0 fully saturated rings. The van der Waals surface area contributed by atoms with Crippen LogP contribution in [0.25, 0.3) is 0 Å². The second-order valence-corrected chi connectivity index (χ2v) is 11.3. The molecular formula is C27H38ClN3O5S. The van der Waals surface area contributed by atoms with Gasteiger partial charge >= 0.3 is 0 Å². The van der Waals surface area contributed by atoms with E-state index in [4.69, 9.17) is 16.3 Å². The summed E-state index contributed by atoms with van der Waals surface area (Å²) in [5, 5.41) is 3.48. The summed E-state index contributed by atoms with van der Waals surface area (Å²) in [5.41, 5.74) is 1.23. The summed E-state index contributed by atoms with van der Waals surface area (Å²) >= 11 is 6.14. The van der Waals surface area contributed by atoms with Gasteiger partial charge in [-0.25, -0.2) is 8.42 Å². The number of para-hydroxylation sites is 2. The van der Waals surface area contributed by atoms with Gasteiger partial charge in [-0.2, -0.15) is 0 Å². The molecule has 2 rings (SSSR count). The zero-order valence-corrected chi connectivity index (χ0v) is 23.8. The number of carbonyl (C=O) groups is 2. The molecule has 0 saturated heterocycles. The van der Waals surface area contributed by atoms with Crippen molar-refractivity contribution >= 4 is 39.1 Å². The maximum atomic E-state index is 13.4. The SMILES string of the molecule is CCOc1ccccc1N(CCCC(=O)N(Cc1cccc(Cl)c1)[C@H](C)C(=O)N[C@@H](C)CC)S(C)(=O)=O. The van der Waals surface area contributed by atoms with Gasteiger partial charge in [0.25, 0.3) is 0 Å². The molecule has 10 heteroatoms. The van der Waals surface area contributed by atoms with Gasteiger partial charge in [-0.15, -0.1) is 0 Å². The molecule has 8 nitrogen and oxygen atoms in total. The van der Waals surface area contributed by atoms with Crippen LogP contribution in [0.15, 0.2) is 48.5 Å². The largest absolute Gasteiger partial charge is 0.492 e. The number of carbonyl (C=O) groups excluding carboxylic acids is 2. The van der Waals surface area contributed by atoms with Crippen molar-refractivity contribution in [1.82, 2.24) is 10.2 Å². The Kier molecular flexibility index (Phi) is 11.7. The average Bonchev–Trinajstić information content (AvgIpc) is 2.84. The van der Waals surface area contributed by atoms with E-state index in [1.54, 1.807) is 49.4 Å². The zero-order chi connectivity index (χ0) is 27.6. The number of ether oxygens (including phenoxy) is 1. The highest BCUT2D eigenvalue weighted by atomic mass is 35.5. The van der Waals surface area contributed by atoms with Crippen LogP contribution in [0.5, 0.6) is 5.75 Å². The number of rotatable bonds is 14. The summed E-state index contributed by atoms with van der Waals surface area (Å²) in [6.07, 6.45) is 2.22. The Bertz CT molecular complexity index is 1160. The third kappa shape index (κ3) is 9.23. The monoisotopic (exact) mass is 551 g/mol. The minimum absolute atomic E-state index is 0.0215. The molecule has 2 atom stereocenters. The molecule has 2 aromatic rings. The number of benzene rings is 2. The van der Waals surface area contributed by atoms with E-state index in [-0.39, 0.29) is 43.8 Å². The van der Waals surface area contributed by atoms with Crippen molar-refractivity contribution in [1.29, 1.82) is 0 Å². The van der Waals surface area contributed by atoms with Crippen molar-refractivity contribution in [3.8, 4) is 5.75 Å². The fourth-order valence-electron chi connectivity index (χ4n) is 3.80. The van der Waals surface area contributed by atoms with E-state index in [2.05, 4.69) is 5.32 Å². The highest BCUT2D eigenvalue weighted by molar-refractivity contribution is 7.92. The Hall–Kier alpha value is -2.78. The predicted octanol–water partition coefficient (Wildman–Crippen LogP) is 4.62. The highest BCUT2D eigenvalue weighted by Crippen LogP contribution is 2.30. The molecule has 0 radical (unpaired) electrons. The van der Waals surface area contributed by atoms with Gasteiger partial charge in [0.05, 0.1) is 18.6 Å². The average molecular weight is 552 g/mol. The molecule has 0 aromatic heterocycles. The molecule has 0 aliphatic rings. The Labute approximate surface area is 226 Å². The molecule has 0 bridgehead atoms. The standard InChI is InChI=1S/C27H38ClN3O5S/c1-6-20(3)29-27(33)21(4)30(19-22-12-10-13-23(28)18-22)26(32)16-11-17-31(37(5,34)35)24-14-8-9-15-25(24)36-7-2/h8-10,12-15,18,20-21H,6-7,11,16-17,19H2,1-5H3,(H,29,33)/t20-,21+/m0/s1. The third-order valence-electron chi connectivity index (χ3n) is 6.00. The lowest BCUT2D eigenvalue weighted by Crippen LogP contribution is -2.49. The number of nitrogens with zero attached hydrogens (tertiary/aromatic N) is 2. The van der Waals surface area contributed by atoms with Gasteiger partial charge in [0, 0.05) is 30.6 Å². The first-order valence-electron chi connectivity index (χ1n) is 12.5. The summed E-state index contributed by atoms with van der Waals surface area (Å²) in [5.74, 6) is -0.0360. The first-order chi connectivity index (χ1) is 17.5. The molecule has 0 aliphatic carbocycles. The second-order valence-electron chi connectivity index (χ2n) is 8.98. The molecule has 2 amide bonds.